The van der Waals surface area contributed by atoms with Crippen LogP contribution in [0.1, 0.15) is 12.0 Å². The van der Waals surface area contributed by atoms with Gasteiger partial charge in [0.25, 0.3) is 0 Å². The van der Waals surface area contributed by atoms with Crippen molar-refractivity contribution in [1.82, 2.24) is 0 Å². The Morgan fingerprint density at radius 2 is 2.00 bits per heavy atom. The van der Waals surface area contributed by atoms with Gasteiger partial charge < -0.3 is 4.74 Å². The monoisotopic (exact) mass is 253 g/mol. The van der Waals surface area contributed by atoms with Crippen LogP contribution < -0.4 is 0 Å². The summed E-state index contributed by atoms with van der Waals surface area (Å²) in [6, 6.07) is 11.9. The molecule has 0 saturated heterocycles. The maximum atomic E-state index is 12.2. The number of nitrogens with zero attached hydrogens (tertiary/aromatic N) is 1. The van der Waals surface area contributed by atoms with Crippen molar-refractivity contribution in [1.29, 1.82) is 5.26 Å². The molecule has 1 saturated carbocycles. The number of hydrogen-bond acceptors (Lipinski definition) is 3. The van der Waals surface area contributed by atoms with E-state index in [0.717, 1.165) is 12.0 Å². The molecule has 2 aliphatic rings. The van der Waals surface area contributed by atoms with Crippen LogP contribution in [0.25, 0.3) is 0 Å². The van der Waals surface area contributed by atoms with E-state index in [9.17, 15) is 10.1 Å². The molecule has 96 valence electrons. The summed E-state index contributed by atoms with van der Waals surface area (Å²) in [6.07, 6.45) is 5.05. The topological polar surface area (TPSA) is 50.1 Å². The Bertz CT molecular complexity index is 544. The average Bonchev–Trinajstić information content (AvgIpc) is 3.06. The summed E-state index contributed by atoms with van der Waals surface area (Å²) in [5, 5.41) is 9.20. The van der Waals surface area contributed by atoms with Gasteiger partial charge in [0.05, 0.1) is 17.9 Å². The van der Waals surface area contributed by atoms with Gasteiger partial charge >= 0.3 is 5.97 Å². The number of ether oxygens (including phenoxy) is 1. The second-order valence-electron chi connectivity index (χ2n) is 5.22. The van der Waals surface area contributed by atoms with E-state index in [0.29, 0.717) is 0 Å². The van der Waals surface area contributed by atoms with Gasteiger partial charge in [-0.2, -0.15) is 5.26 Å². The van der Waals surface area contributed by atoms with Crippen molar-refractivity contribution in [3.05, 3.63) is 48.0 Å². The van der Waals surface area contributed by atoms with Crippen LogP contribution in [0.4, 0.5) is 0 Å². The molecule has 0 aromatic heterocycles. The molecule has 0 heterocycles. The Hall–Kier alpha value is -2.08. The van der Waals surface area contributed by atoms with Gasteiger partial charge in [-0.3, -0.25) is 4.79 Å². The van der Waals surface area contributed by atoms with Gasteiger partial charge in [-0.05, 0) is 23.8 Å². The van der Waals surface area contributed by atoms with Crippen molar-refractivity contribution < 1.29 is 9.53 Å². The number of hydrogen-bond donors (Lipinski definition) is 0. The van der Waals surface area contributed by atoms with Gasteiger partial charge in [0, 0.05) is 0 Å². The van der Waals surface area contributed by atoms with Crippen molar-refractivity contribution in [2.24, 2.45) is 23.7 Å². The van der Waals surface area contributed by atoms with E-state index in [1.54, 1.807) is 0 Å². The van der Waals surface area contributed by atoms with Crippen LogP contribution in [0.2, 0.25) is 0 Å². The first-order valence-electron chi connectivity index (χ1n) is 6.58. The summed E-state index contributed by atoms with van der Waals surface area (Å²) >= 11 is 0. The standard InChI is InChI=1S/C16H15NO2/c17-9-14-12-6-7-13(8-12)15(14)16(18)19-10-11-4-2-1-3-5-11/h1-7,12-15H,8,10H2/t12-,13+,14+,15-/m0/s1. The molecule has 1 aromatic rings. The molecule has 0 spiro atoms. The molecule has 0 radical (unpaired) electrons. The van der Waals surface area contributed by atoms with Crippen LogP contribution in [-0.2, 0) is 16.1 Å². The number of carbonyl (C=O) groups excluding carboxylic acids is 1. The fourth-order valence-electron chi connectivity index (χ4n) is 3.14. The minimum atomic E-state index is -0.274. The smallest absolute Gasteiger partial charge is 0.311 e. The molecule has 0 aliphatic heterocycles. The molecule has 1 fully saturated rings. The van der Waals surface area contributed by atoms with Gasteiger partial charge in [-0.25, -0.2) is 0 Å². The first-order valence-corrected chi connectivity index (χ1v) is 6.58. The Labute approximate surface area is 112 Å². The van der Waals surface area contributed by atoms with Crippen LogP contribution in [0.15, 0.2) is 42.5 Å². The number of nitriles is 1. The van der Waals surface area contributed by atoms with E-state index in [1.165, 1.54) is 0 Å². The third kappa shape index (κ3) is 2.15. The Morgan fingerprint density at radius 3 is 2.74 bits per heavy atom. The Balaban J connectivity index is 1.65. The first kappa shape index (κ1) is 12.0. The third-order valence-electron chi connectivity index (χ3n) is 4.10. The lowest BCUT2D eigenvalue weighted by Crippen LogP contribution is -2.28. The number of fused-ring (bicyclic) bond motifs is 2. The van der Waals surface area contributed by atoms with Crippen molar-refractivity contribution >= 4 is 5.97 Å². The predicted octanol–water partition coefficient (Wildman–Crippen LogP) is 2.69. The minimum Gasteiger partial charge on any atom is -0.461 e. The van der Waals surface area contributed by atoms with E-state index in [-0.39, 0.29) is 36.2 Å². The van der Waals surface area contributed by atoms with Gasteiger partial charge in [-0.1, -0.05) is 42.5 Å². The largest absolute Gasteiger partial charge is 0.461 e. The average molecular weight is 253 g/mol. The molecule has 2 bridgehead atoms. The zero-order valence-corrected chi connectivity index (χ0v) is 10.5. The number of esters is 1. The molecule has 19 heavy (non-hydrogen) atoms. The highest BCUT2D eigenvalue weighted by molar-refractivity contribution is 5.75. The fourth-order valence-corrected chi connectivity index (χ4v) is 3.14. The lowest BCUT2D eigenvalue weighted by Gasteiger charge is -2.21. The number of allylic oxidation sites excluding steroid dienone is 2. The SMILES string of the molecule is N#C[C@H]1[C@@H](C(=O)OCc2ccccc2)[C@@H]2C=C[C@H]1C2. The molecule has 3 nitrogen and oxygen atoms in total. The zero-order chi connectivity index (χ0) is 13.2. The van der Waals surface area contributed by atoms with Gasteiger partial charge in [0.1, 0.15) is 6.61 Å². The Morgan fingerprint density at radius 1 is 1.26 bits per heavy atom. The van der Waals surface area contributed by atoms with Crippen molar-refractivity contribution in [3.8, 4) is 6.07 Å². The highest BCUT2D eigenvalue weighted by Crippen LogP contribution is 2.48. The Kier molecular flexibility index (Phi) is 3.08. The number of carbonyl (C=O) groups is 1. The number of benzene rings is 1. The molecule has 3 heteroatoms. The number of rotatable bonds is 3. The van der Waals surface area contributed by atoms with Gasteiger partial charge in [0.15, 0.2) is 0 Å². The van der Waals surface area contributed by atoms with E-state index in [1.807, 2.05) is 30.3 Å². The maximum Gasteiger partial charge on any atom is 0.311 e. The zero-order valence-electron chi connectivity index (χ0n) is 10.5. The normalized spacial score (nSPS) is 31.1. The van der Waals surface area contributed by atoms with Gasteiger partial charge in [-0.15, -0.1) is 0 Å². The van der Waals surface area contributed by atoms with Crippen molar-refractivity contribution in [3.63, 3.8) is 0 Å². The van der Waals surface area contributed by atoms with Crippen LogP contribution >= 0.6 is 0 Å². The van der Waals surface area contributed by atoms with Crippen LogP contribution in [0.5, 0.6) is 0 Å². The van der Waals surface area contributed by atoms with E-state index < -0.39 is 0 Å². The maximum absolute atomic E-state index is 12.2. The van der Waals surface area contributed by atoms with E-state index >= 15 is 0 Å². The van der Waals surface area contributed by atoms with Crippen LogP contribution in [-0.4, -0.2) is 5.97 Å². The summed E-state index contributed by atoms with van der Waals surface area (Å²) in [7, 11) is 0. The van der Waals surface area contributed by atoms with E-state index in [4.69, 9.17) is 4.74 Å². The molecular formula is C16H15NO2. The molecule has 0 N–H and O–H groups in total. The highest BCUT2D eigenvalue weighted by atomic mass is 16.5. The molecular weight excluding hydrogens is 238 g/mol. The minimum absolute atomic E-state index is 0.193. The highest BCUT2D eigenvalue weighted by Gasteiger charge is 2.49. The third-order valence-corrected chi connectivity index (χ3v) is 4.10. The van der Waals surface area contributed by atoms with E-state index in [2.05, 4.69) is 18.2 Å². The summed E-state index contributed by atoms with van der Waals surface area (Å²) in [4.78, 5) is 12.2. The molecule has 2 aliphatic carbocycles. The van der Waals surface area contributed by atoms with Crippen LogP contribution in [0.3, 0.4) is 0 Å². The van der Waals surface area contributed by atoms with Gasteiger partial charge in [0.2, 0.25) is 0 Å². The molecule has 1 aromatic carbocycles. The molecule has 0 amide bonds. The quantitative estimate of drug-likeness (QED) is 0.614. The lowest BCUT2D eigenvalue weighted by atomic mass is 9.84. The predicted molar refractivity (Wildman–Crippen MR) is 69.6 cm³/mol. The summed E-state index contributed by atoms with van der Waals surface area (Å²) in [6.45, 7) is 0.287. The second-order valence-corrected chi connectivity index (χ2v) is 5.22. The summed E-state index contributed by atoms with van der Waals surface area (Å²) in [5.41, 5.74) is 0.975. The lowest BCUT2D eigenvalue weighted by molar-refractivity contribution is -0.151. The van der Waals surface area contributed by atoms with Crippen molar-refractivity contribution in [2.75, 3.05) is 0 Å². The second kappa shape index (κ2) is 4.89. The molecule has 0 unspecified atom stereocenters. The fraction of sp³-hybridized carbons (Fsp3) is 0.375. The molecule has 3 rings (SSSR count). The summed E-state index contributed by atoms with van der Waals surface area (Å²) < 4.78 is 5.37. The first-order chi connectivity index (χ1) is 9.29. The summed E-state index contributed by atoms with van der Waals surface area (Å²) in [5.74, 6) is -0.281. The van der Waals surface area contributed by atoms with Crippen molar-refractivity contribution in [2.45, 2.75) is 13.0 Å². The molecule has 4 atom stereocenters. The van der Waals surface area contributed by atoms with Crippen LogP contribution in [0, 0.1) is 35.0 Å².